The zero-order valence-corrected chi connectivity index (χ0v) is 13.2. The van der Waals surface area contributed by atoms with Crippen molar-refractivity contribution in [3.63, 3.8) is 0 Å². The summed E-state index contributed by atoms with van der Waals surface area (Å²) in [5.41, 5.74) is -1.16. The Morgan fingerprint density at radius 3 is 2.54 bits per heavy atom. The Labute approximate surface area is 145 Å². The SMILES string of the molecule is O=C(NCC#CCOc1cccc(C(F)(F)F)c1)c1ccc(F)cc1F. The highest BCUT2D eigenvalue weighted by Gasteiger charge is 2.30. The maximum Gasteiger partial charge on any atom is 0.416 e. The lowest BCUT2D eigenvalue weighted by atomic mass is 10.2. The first-order chi connectivity index (χ1) is 12.3. The van der Waals surface area contributed by atoms with Gasteiger partial charge < -0.3 is 10.1 Å². The Morgan fingerprint density at radius 2 is 1.85 bits per heavy atom. The zero-order chi connectivity index (χ0) is 19.2. The molecule has 0 radical (unpaired) electrons. The van der Waals surface area contributed by atoms with Crippen LogP contribution >= 0.6 is 0 Å². The highest BCUT2D eigenvalue weighted by Crippen LogP contribution is 2.31. The molecule has 3 nitrogen and oxygen atoms in total. The van der Waals surface area contributed by atoms with Gasteiger partial charge in [0, 0.05) is 6.07 Å². The number of alkyl halides is 3. The van der Waals surface area contributed by atoms with Crippen molar-refractivity contribution in [3.8, 4) is 17.6 Å². The van der Waals surface area contributed by atoms with Crippen LogP contribution in [0.15, 0.2) is 42.5 Å². The van der Waals surface area contributed by atoms with Crippen LogP contribution in [-0.4, -0.2) is 19.1 Å². The predicted molar refractivity (Wildman–Crippen MR) is 83.4 cm³/mol. The monoisotopic (exact) mass is 369 g/mol. The van der Waals surface area contributed by atoms with Gasteiger partial charge >= 0.3 is 6.18 Å². The van der Waals surface area contributed by atoms with Crippen molar-refractivity contribution in [3.05, 3.63) is 65.2 Å². The summed E-state index contributed by atoms with van der Waals surface area (Å²) < 4.78 is 68.9. The van der Waals surface area contributed by atoms with Gasteiger partial charge in [-0.15, -0.1) is 0 Å². The van der Waals surface area contributed by atoms with Crippen molar-refractivity contribution in [2.24, 2.45) is 0 Å². The molecule has 0 saturated carbocycles. The van der Waals surface area contributed by atoms with E-state index in [1.165, 1.54) is 12.1 Å². The van der Waals surface area contributed by atoms with Crippen molar-refractivity contribution >= 4 is 5.91 Å². The van der Waals surface area contributed by atoms with Gasteiger partial charge in [0.05, 0.1) is 17.7 Å². The van der Waals surface area contributed by atoms with E-state index in [-0.39, 0.29) is 24.5 Å². The number of hydrogen-bond acceptors (Lipinski definition) is 2. The lowest BCUT2D eigenvalue weighted by molar-refractivity contribution is -0.137. The first kappa shape index (κ1) is 19.2. The predicted octanol–water partition coefficient (Wildman–Crippen LogP) is 3.80. The number of carbonyl (C=O) groups is 1. The lowest BCUT2D eigenvalue weighted by Gasteiger charge is -2.08. The van der Waals surface area contributed by atoms with E-state index in [9.17, 15) is 26.7 Å². The van der Waals surface area contributed by atoms with E-state index in [1.54, 1.807) is 0 Å². The largest absolute Gasteiger partial charge is 0.481 e. The van der Waals surface area contributed by atoms with E-state index < -0.39 is 29.3 Å². The van der Waals surface area contributed by atoms with Crippen LogP contribution in [0.2, 0.25) is 0 Å². The summed E-state index contributed by atoms with van der Waals surface area (Å²) in [4.78, 5) is 11.7. The number of halogens is 5. The average Bonchev–Trinajstić information content (AvgIpc) is 2.57. The number of nitrogens with one attached hydrogen (secondary N) is 1. The first-order valence-electron chi connectivity index (χ1n) is 7.26. The third-order valence-corrected chi connectivity index (χ3v) is 3.11. The van der Waals surface area contributed by atoms with E-state index in [4.69, 9.17) is 4.74 Å². The normalized spacial score (nSPS) is 10.7. The molecule has 8 heteroatoms. The fourth-order valence-electron chi connectivity index (χ4n) is 1.89. The molecule has 2 rings (SSSR count). The van der Waals surface area contributed by atoms with Crippen molar-refractivity contribution in [1.82, 2.24) is 5.32 Å². The third kappa shape index (κ3) is 5.48. The maximum absolute atomic E-state index is 13.4. The minimum atomic E-state index is -4.47. The van der Waals surface area contributed by atoms with Crippen LogP contribution in [0.3, 0.4) is 0 Å². The smallest absolute Gasteiger partial charge is 0.416 e. The van der Waals surface area contributed by atoms with E-state index in [0.717, 1.165) is 24.3 Å². The molecule has 0 bridgehead atoms. The minimum absolute atomic E-state index is 0.00606. The highest BCUT2D eigenvalue weighted by molar-refractivity contribution is 5.94. The van der Waals surface area contributed by atoms with Gasteiger partial charge in [-0.25, -0.2) is 8.78 Å². The molecule has 2 aromatic rings. The molecule has 1 amide bonds. The molecule has 0 heterocycles. The molecular weight excluding hydrogens is 357 g/mol. The van der Waals surface area contributed by atoms with Crippen LogP contribution in [0.1, 0.15) is 15.9 Å². The molecule has 0 atom stereocenters. The molecule has 2 aromatic carbocycles. The summed E-state index contributed by atoms with van der Waals surface area (Å²) >= 11 is 0. The van der Waals surface area contributed by atoms with E-state index in [1.807, 2.05) is 0 Å². The molecule has 1 N–H and O–H groups in total. The number of ether oxygens (including phenoxy) is 1. The third-order valence-electron chi connectivity index (χ3n) is 3.11. The zero-order valence-electron chi connectivity index (χ0n) is 13.2. The minimum Gasteiger partial charge on any atom is -0.481 e. The fourth-order valence-corrected chi connectivity index (χ4v) is 1.89. The second-order valence-electron chi connectivity index (χ2n) is 4.97. The maximum atomic E-state index is 13.4. The topological polar surface area (TPSA) is 38.3 Å². The van der Waals surface area contributed by atoms with Crippen LogP contribution in [0.5, 0.6) is 5.75 Å². The molecule has 0 aromatic heterocycles. The molecule has 0 aliphatic carbocycles. The Morgan fingerprint density at radius 1 is 1.08 bits per heavy atom. The Hall–Kier alpha value is -3.08. The van der Waals surface area contributed by atoms with Gasteiger partial charge in [-0.2, -0.15) is 13.2 Å². The van der Waals surface area contributed by atoms with Gasteiger partial charge in [-0.3, -0.25) is 4.79 Å². The second-order valence-corrected chi connectivity index (χ2v) is 4.97. The van der Waals surface area contributed by atoms with E-state index >= 15 is 0 Å². The highest BCUT2D eigenvalue weighted by atomic mass is 19.4. The van der Waals surface area contributed by atoms with Gasteiger partial charge in [0.25, 0.3) is 5.91 Å². The summed E-state index contributed by atoms with van der Waals surface area (Å²) in [6.45, 7) is -0.330. The van der Waals surface area contributed by atoms with Crippen molar-refractivity contribution in [1.29, 1.82) is 0 Å². The number of hydrogen-bond donors (Lipinski definition) is 1. The molecule has 0 aliphatic rings. The lowest BCUT2D eigenvalue weighted by Crippen LogP contribution is -2.24. The van der Waals surface area contributed by atoms with Crippen LogP contribution in [0, 0.1) is 23.5 Å². The summed E-state index contributed by atoms with van der Waals surface area (Å²) in [6, 6.07) is 6.88. The van der Waals surface area contributed by atoms with Gasteiger partial charge in [-0.05, 0) is 30.3 Å². The summed E-state index contributed by atoms with van der Waals surface area (Å²) in [6.07, 6.45) is -4.47. The Bertz CT molecular complexity index is 853. The number of amides is 1. The first-order valence-corrected chi connectivity index (χ1v) is 7.26. The van der Waals surface area contributed by atoms with Gasteiger partial charge in [0.15, 0.2) is 0 Å². The number of carbonyl (C=O) groups excluding carboxylic acids is 1. The van der Waals surface area contributed by atoms with Gasteiger partial charge in [0.2, 0.25) is 0 Å². The van der Waals surface area contributed by atoms with Crippen molar-refractivity contribution < 1.29 is 31.5 Å². The average molecular weight is 369 g/mol. The van der Waals surface area contributed by atoms with Crippen LogP contribution in [-0.2, 0) is 6.18 Å². The Balaban J connectivity index is 1.82. The molecule has 0 aliphatic heterocycles. The number of rotatable bonds is 4. The quantitative estimate of drug-likeness (QED) is 0.658. The molecule has 0 unspecified atom stereocenters. The van der Waals surface area contributed by atoms with Gasteiger partial charge in [-0.1, -0.05) is 17.9 Å². The fraction of sp³-hybridized carbons (Fsp3) is 0.167. The molecule has 0 saturated heterocycles. The second kappa shape index (κ2) is 8.34. The number of benzene rings is 2. The summed E-state index contributed by atoms with van der Waals surface area (Å²) in [7, 11) is 0. The molecule has 0 spiro atoms. The molecular formula is C18H12F5NO2. The van der Waals surface area contributed by atoms with Crippen molar-refractivity contribution in [2.45, 2.75) is 6.18 Å². The van der Waals surface area contributed by atoms with Crippen LogP contribution in [0.25, 0.3) is 0 Å². The van der Waals surface area contributed by atoms with Crippen LogP contribution < -0.4 is 10.1 Å². The van der Waals surface area contributed by atoms with Gasteiger partial charge in [0.1, 0.15) is 24.0 Å². The van der Waals surface area contributed by atoms with Crippen molar-refractivity contribution in [2.75, 3.05) is 13.2 Å². The molecule has 136 valence electrons. The molecule has 0 fully saturated rings. The Kier molecular flexibility index (Phi) is 6.17. The summed E-state index contributed by atoms with van der Waals surface area (Å²) in [5, 5.41) is 2.31. The summed E-state index contributed by atoms with van der Waals surface area (Å²) in [5.74, 6) is 2.45. The van der Waals surface area contributed by atoms with E-state index in [0.29, 0.717) is 6.07 Å². The van der Waals surface area contributed by atoms with E-state index in [2.05, 4.69) is 17.2 Å². The molecule has 26 heavy (non-hydrogen) atoms. The van der Waals surface area contributed by atoms with Crippen LogP contribution in [0.4, 0.5) is 22.0 Å². The standard InChI is InChI=1S/C18H12F5NO2/c19-13-6-7-15(16(20)11-13)17(25)24-8-1-2-9-26-14-5-3-4-12(10-14)18(21,22)23/h3-7,10-11H,8-9H2,(H,24,25).